The number of imide groups is 1. The number of carbonyl (C=O) groups excluding carboxylic acids is 3. The molecule has 4 amide bonds. The van der Waals surface area contributed by atoms with Gasteiger partial charge in [0, 0.05) is 44.6 Å². The van der Waals surface area contributed by atoms with E-state index >= 15 is 0 Å². The van der Waals surface area contributed by atoms with Gasteiger partial charge in [-0.2, -0.15) is 0 Å². The Hall–Kier alpha value is -3.39. The highest BCUT2D eigenvalue weighted by molar-refractivity contribution is 6.09. The zero-order valence-electron chi connectivity index (χ0n) is 19.2. The average molecular weight is 450 g/mol. The lowest BCUT2D eigenvalue weighted by Gasteiger charge is -2.42. The van der Waals surface area contributed by atoms with Crippen LogP contribution in [-0.4, -0.2) is 71.3 Å². The van der Waals surface area contributed by atoms with Gasteiger partial charge in [0.05, 0.1) is 0 Å². The molecule has 0 radical (unpaired) electrons. The van der Waals surface area contributed by atoms with E-state index in [0.717, 1.165) is 22.8 Å². The van der Waals surface area contributed by atoms with Crippen LogP contribution in [0.4, 0.5) is 16.2 Å². The van der Waals surface area contributed by atoms with Gasteiger partial charge in [0.25, 0.3) is 5.91 Å². The van der Waals surface area contributed by atoms with E-state index in [2.05, 4.69) is 53.2 Å². The number of hydrogen-bond donors (Lipinski definition) is 1. The van der Waals surface area contributed by atoms with Crippen molar-refractivity contribution < 1.29 is 14.4 Å². The number of para-hydroxylation sites is 1. The van der Waals surface area contributed by atoms with Crippen molar-refractivity contribution in [3.8, 4) is 0 Å². The minimum absolute atomic E-state index is 0.291. The maximum absolute atomic E-state index is 13.1. The second-order valence-electron chi connectivity index (χ2n) is 8.75. The summed E-state index contributed by atoms with van der Waals surface area (Å²) in [6.07, 6.45) is 1.10. The van der Waals surface area contributed by atoms with E-state index in [1.165, 1.54) is 5.56 Å². The molecule has 2 heterocycles. The summed E-state index contributed by atoms with van der Waals surface area (Å²) in [5, 5.41) is 0. The molecule has 33 heavy (non-hydrogen) atoms. The van der Waals surface area contributed by atoms with E-state index in [0.29, 0.717) is 32.5 Å². The molecule has 2 aromatic carbocycles. The number of nitrogens with two attached hydrogens (primary N) is 1. The van der Waals surface area contributed by atoms with E-state index in [9.17, 15) is 14.4 Å². The Morgan fingerprint density at radius 3 is 2.18 bits per heavy atom. The number of benzene rings is 2. The number of carbonyl (C=O) groups is 3. The van der Waals surface area contributed by atoms with Crippen LogP contribution >= 0.6 is 0 Å². The van der Waals surface area contributed by atoms with Crippen molar-refractivity contribution in [2.75, 3.05) is 38.1 Å². The first-order valence-corrected chi connectivity index (χ1v) is 11.4. The third-order valence-electron chi connectivity index (χ3n) is 6.81. The highest BCUT2D eigenvalue weighted by atomic mass is 16.2. The molecule has 8 nitrogen and oxygen atoms in total. The third-order valence-corrected chi connectivity index (χ3v) is 6.81. The molecule has 1 spiro atoms. The van der Waals surface area contributed by atoms with Crippen LogP contribution in [-0.2, 0) is 16.1 Å². The second kappa shape index (κ2) is 9.23. The SMILES string of the molecule is CCN1C(=O)N(CC(N)=O)C(=O)C12CCN(Cc1ccc(N(C)c3ccccc3)cc1)CC2. The van der Waals surface area contributed by atoms with E-state index in [4.69, 9.17) is 5.73 Å². The maximum atomic E-state index is 13.1. The summed E-state index contributed by atoms with van der Waals surface area (Å²) in [5.74, 6) is -0.968. The Kier molecular flexibility index (Phi) is 6.37. The zero-order chi connectivity index (χ0) is 23.6. The van der Waals surface area contributed by atoms with Gasteiger partial charge in [-0.15, -0.1) is 0 Å². The van der Waals surface area contributed by atoms with E-state index < -0.39 is 17.5 Å². The minimum atomic E-state index is -0.861. The first kappa shape index (κ1) is 22.8. The van der Waals surface area contributed by atoms with Crippen LogP contribution in [0.3, 0.4) is 0 Å². The molecule has 4 rings (SSSR count). The molecule has 2 N–H and O–H groups in total. The average Bonchev–Trinajstić information content (AvgIpc) is 3.01. The number of urea groups is 1. The Bertz CT molecular complexity index is 1020. The quantitative estimate of drug-likeness (QED) is 0.656. The van der Waals surface area contributed by atoms with Gasteiger partial charge in [0.2, 0.25) is 5.91 Å². The standard InChI is InChI=1S/C25H31N5O3/c1-3-30-24(33)29(18-22(26)31)23(32)25(30)13-15-28(16-14-25)17-19-9-11-21(12-10-19)27(2)20-7-5-4-6-8-20/h4-12H,3,13-18H2,1-2H3,(H2,26,31). The Morgan fingerprint density at radius 2 is 1.61 bits per heavy atom. The third kappa shape index (κ3) is 4.30. The van der Waals surface area contributed by atoms with Gasteiger partial charge in [-0.3, -0.25) is 19.4 Å². The molecular formula is C25H31N5O3. The monoisotopic (exact) mass is 449 g/mol. The molecule has 2 aliphatic heterocycles. The summed E-state index contributed by atoms with van der Waals surface area (Å²) in [6, 6.07) is 18.3. The number of rotatable bonds is 7. The molecule has 0 bridgehead atoms. The summed E-state index contributed by atoms with van der Waals surface area (Å²) in [7, 11) is 2.05. The number of likely N-dealkylation sites (tertiary alicyclic amines) is 1. The van der Waals surface area contributed by atoms with Crippen LogP contribution in [0.15, 0.2) is 54.6 Å². The fourth-order valence-electron chi connectivity index (χ4n) is 4.96. The van der Waals surface area contributed by atoms with Crippen LogP contribution in [0.25, 0.3) is 0 Å². The van der Waals surface area contributed by atoms with Crippen molar-refractivity contribution in [1.82, 2.24) is 14.7 Å². The van der Waals surface area contributed by atoms with E-state index in [1.807, 2.05) is 25.1 Å². The predicted octanol–water partition coefficient (Wildman–Crippen LogP) is 2.56. The largest absolute Gasteiger partial charge is 0.368 e. The van der Waals surface area contributed by atoms with Crippen molar-refractivity contribution >= 4 is 29.2 Å². The summed E-state index contributed by atoms with van der Waals surface area (Å²) in [6.45, 7) is 4.11. The number of nitrogens with zero attached hydrogens (tertiary/aromatic N) is 4. The Labute approximate surface area is 194 Å². The Morgan fingerprint density at radius 1 is 1.00 bits per heavy atom. The van der Waals surface area contributed by atoms with Crippen LogP contribution in [0, 0.1) is 0 Å². The maximum Gasteiger partial charge on any atom is 0.328 e. The fourth-order valence-corrected chi connectivity index (χ4v) is 4.96. The predicted molar refractivity (Wildman–Crippen MR) is 127 cm³/mol. The van der Waals surface area contributed by atoms with Crippen molar-refractivity contribution in [3.05, 3.63) is 60.2 Å². The highest BCUT2D eigenvalue weighted by Crippen LogP contribution is 2.37. The lowest BCUT2D eigenvalue weighted by molar-refractivity contribution is -0.137. The molecule has 0 saturated carbocycles. The molecular weight excluding hydrogens is 418 g/mol. The topological polar surface area (TPSA) is 90.2 Å². The van der Waals surface area contributed by atoms with Crippen LogP contribution < -0.4 is 10.6 Å². The number of likely N-dealkylation sites (N-methyl/N-ethyl adjacent to an activating group) is 1. The van der Waals surface area contributed by atoms with Gasteiger partial charge in [0.1, 0.15) is 12.1 Å². The molecule has 8 heteroatoms. The number of hydrogen-bond acceptors (Lipinski definition) is 5. The van der Waals surface area contributed by atoms with Gasteiger partial charge in [0.15, 0.2) is 0 Å². The molecule has 0 atom stereocenters. The highest BCUT2D eigenvalue weighted by Gasteiger charge is 2.57. The second-order valence-corrected chi connectivity index (χ2v) is 8.75. The summed E-state index contributed by atoms with van der Waals surface area (Å²) in [5.41, 5.74) is 7.85. The van der Waals surface area contributed by atoms with Gasteiger partial charge in [-0.25, -0.2) is 4.79 Å². The van der Waals surface area contributed by atoms with Gasteiger partial charge in [-0.05, 0) is 49.6 Å². The normalized spacial score (nSPS) is 18.2. The van der Waals surface area contributed by atoms with E-state index in [1.54, 1.807) is 4.90 Å². The number of anilines is 2. The number of primary amides is 1. The molecule has 0 aromatic heterocycles. The smallest absolute Gasteiger partial charge is 0.328 e. The van der Waals surface area contributed by atoms with Crippen LogP contribution in [0.5, 0.6) is 0 Å². The van der Waals surface area contributed by atoms with Crippen molar-refractivity contribution in [2.24, 2.45) is 5.73 Å². The molecule has 174 valence electrons. The molecule has 2 saturated heterocycles. The summed E-state index contributed by atoms with van der Waals surface area (Å²) in [4.78, 5) is 44.3. The summed E-state index contributed by atoms with van der Waals surface area (Å²) >= 11 is 0. The molecule has 2 aliphatic rings. The first-order chi connectivity index (χ1) is 15.9. The van der Waals surface area contributed by atoms with Crippen LogP contribution in [0.1, 0.15) is 25.3 Å². The van der Waals surface area contributed by atoms with Crippen LogP contribution in [0.2, 0.25) is 0 Å². The minimum Gasteiger partial charge on any atom is -0.368 e. The fraction of sp³-hybridized carbons (Fsp3) is 0.400. The molecule has 0 aliphatic carbocycles. The summed E-state index contributed by atoms with van der Waals surface area (Å²) < 4.78 is 0. The van der Waals surface area contributed by atoms with Crippen molar-refractivity contribution in [2.45, 2.75) is 31.8 Å². The molecule has 0 unspecified atom stereocenters. The van der Waals surface area contributed by atoms with Crippen molar-refractivity contribution in [1.29, 1.82) is 0 Å². The number of amides is 4. The zero-order valence-corrected chi connectivity index (χ0v) is 19.2. The van der Waals surface area contributed by atoms with Gasteiger partial charge >= 0.3 is 6.03 Å². The van der Waals surface area contributed by atoms with Gasteiger partial charge in [-0.1, -0.05) is 30.3 Å². The Balaban J connectivity index is 1.39. The van der Waals surface area contributed by atoms with Crippen molar-refractivity contribution in [3.63, 3.8) is 0 Å². The number of piperidine rings is 1. The lowest BCUT2D eigenvalue weighted by atomic mass is 9.85. The van der Waals surface area contributed by atoms with E-state index in [-0.39, 0.29) is 12.5 Å². The molecule has 2 aromatic rings. The lowest BCUT2D eigenvalue weighted by Crippen LogP contribution is -2.56. The molecule has 2 fully saturated rings. The first-order valence-electron chi connectivity index (χ1n) is 11.4. The van der Waals surface area contributed by atoms with Gasteiger partial charge < -0.3 is 15.5 Å².